The molecule has 0 bridgehead atoms. The lowest BCUT2D eigenvalue weighted by Crippen LogP contribution is -2.52. The lowest BCUT2D eigenvalue weighted by atomic mass is 9.82. The van der Waals surface area contributed by atoms with Crippen LogP contribution in [0.15, 0.2) is 24.5 Å². The minimum atomic E-state index is -0.250. The van der Waals surface area contributed by atoms with Crippen LogP contribution in [-0.2, 0) is 20.9 Å². The van der Waals surface area contributed by atoms with Gasteiger partial charge in [-0.15, -0.1) is 0 Å². The second kappa shape index (κ2) is 14.4. The summed E-state index contributed by atoms with van der Waals surface area (Å²) in [4.78, 5) is 25.2. The second-order valence-corrected chi connectivity index (χ2v) is 8.99. The number of nitrogens with one attached hydrogen (secondary N) is 2. The monoisotopic (exact) mass is 437 g/mol. The summed E-state index contributed by atoms with van der Waals surface area (Å²) in [6.45, 7) is 3.26. The van der Waals surface area contributed by atoms with E-state index in [0.717, 1.165) is 37.9 Å². The maximum absolute atomic E-state index is 12.7. The van der Waals surface area contributed by atoms with Crippen LogP contribution in [0.1, 0.15) is 51.0 Å². The molecular weight excluding hydrogens is 402 g/mol. The van der Waals surface area contributed by atoms with Gasteiger partial charge >= 0.3 is 0 Å². The van der Waals surface area contributed by atoms with E-state index in [1.165, 1.54) is 24.3 Å². The van der Waals surface area contributed by atoms with Gasteiger partial charge in [-0.3, -0.25) is 14.6 Å². The lowest BCUT2D eigenvalue weighted by molar-refractivity contribution is -0.128. The minimum Gasteiger partial charge on any atom is -0.483 e. The molecule has 2 aliphatic rings. The summed E-state index contributed by atoms with van der Waals surface area (Å²) in [6, 6.07) is 4.75. The Labute approximate surface area is 183 Å². The van der Waals surface area contributed by atoms with Gasteiger partial charge in [0.1, 0.15) is 0 Å². The zero-order chi connectivity index (χ0) is 21.6. The number of carboxylic acid groups (broad SMARTS) is 1. The number of pyridine rings is 1. The van der Waals surface area contributed by atoms with Crippen molar-refractivity contribution in [2.75, 3.05) is 18.1 Å². The van der Waals surface area contributed by atoms with Gasteiger partial charge in [0.05, 0.1) is 6.10 Å². The van der Waals surface area contributed by atoms with Gasteiger partial charge in [-0.05, 0) is 61.7 Å². The molecule has 2 fully saturated rings. The van der Waals surface area contributed by atoms with Crippen LogP contribution >= 0.6 is 11.8 Å². The SMILES string of the molecule is CCCO[C@@H]1CC[C@H](C(=O)NCc2cccnc2)C[C@H]1NC1CCSCC1.O=CO. The molecule has 1 aromatic heterocycles. The predicted octanol–water partition coefficient (Wildman–Crippen LogP) is 2.85. The Morgan fingerprint density at radius 2 is 2.10 bits per heavy atom. The van der Waals surface area contributed by atoms with Gasteiger partial charge in [0.25, 0.3) is 6.47 Å². The number of hydrogen-bond donors (Lipinski definition) is 3. The molecule has 3 rings (SSSR count). The Hall–Kier alpha value is -1.64. The van der Waals surface area contributed by atoms with E-state index in [1.54, 1.807) is 12.4 Å². The van der Waals surface area contributed by atoms with Crippen molar-refractivity contribution < 1.29 is 19.4 Å². The van der Waals surface area contributed by atoms with E-state index >= 15 is 0 Å². The van der Waals surface area contributed by atoms with Crippen molar-refractivity contribution in [3.63, 3.8) is 0 Å². The molecule has 1 aliphatic carbocycles. The van der Waals surface area contributed by atoms with Crippen LogP contribution in [0.4, 0.5) is 0 Å². The molecule has 1 saturated heterocycles. The van der Waals surface area contributed by atoms with E-state index in [1.807, 2.05) is 23.9 Å². The van der Waals surface area contributed by atoms with Crippen LogP contribution in [-0.4, -0.2) is 58.8 Å². The van der Waals surface area contributed by atoms with Gasteiger partial charge in [0.15, 0.2) is 0 Å². The first kappa shape index (κ1) is 24.6. The number of carbonyl (C=O) groups excluding carboxylic acids is 1. The average Bonchev–Trinajstić information content (AvgIpc) is 2.78. The van der Waals surface area contributed by atoms with Crippen molar-refractivity contribution >= 4 is 24.1 Å². The Kier molecular flexibility index (Phi) is 11.8. The Morgan fingerprint density at radius 3 is 2.77 bits per heavy atom. The molecule has 168 valence electrons. The zero-order valence-electron chi connectivity index (χ0n) is 17.8. The third-order valence-corrected chi connectivity index (χ3v) is 6.60. The number of hydrogen-bond acceptors (Lipinski definition) is 6. The van der Waals surface area contributed by atoms with Gasteiger partial charge in [0, 0.05) is 43.5 Å². The fourth-order valence-corrected chi connectivity index (χ4v) is 5.13. The van der Waals surface area contributed by atoms with Crippen molar-refractivity contribution in [3.8, 4) is 0 Å². The smallest absolute Gasteiger partial charge is 0.290 e. The molecular formula is C22H35N3O4S. The highest BCUT2D eigenvalue weighted by molar-refractivity contribution is 7.99. The molecule has 1 saturated carbocycles. The molecule has 0 unspecified atom stereocenters. The number of aromatic nitrogens is 1. The molecule has 3 atom stereocenters. The first-order valence-electron chi connectivity index (χ1n) is 10.9. The molecule has 30 heavy (non-hydrogen) atoms. The molecule has 0 radical (unpaired) electrons. The number of rotatable bonds is 8. The minimum absolute atomic E-state index is 0.0682. The van der Waals surface area contributed by atoms with Gasteiger partial charge in [0.2, 0.25) is 5.91 Å². The van der Waals surface area contributed by atoms with E-state index in [2.05, 4.69) is 22.5 Å². The first-order chi connectivity index (χ1) is 14.7. The van der Waals surface area contributed by atoms with E-state index in [0.29, 0.717) is 12.6 Å². The molecule has 2 heterocycles. The maximum Gasteiger partial charge on any atom is 0.290 e. The number of nitrogens with zero attached hydrogens (tertiary/aromatic N) is 1. The van der Waals surface area contributed by atoms with E-state index in [9.17, 15) is 4.79 Å². The summed E-state index contributed by atoms with van der Waals surface area (Å²) < 4.78 is 6.14. The molecule has 1 aromatic rings. The highest BCUT2D eigenvalue weighted by Crippen LogP contribution is 2.29. The zero-order valence-corrected chi connectivity index (χ0v) is 18.6. The van der Waals surface area contributed by atoms with Crippen LogP contribution in [0.25, 0.3) is 0 Å². The van der Waals surface area contributed by atoms with Crippen molar-refractivity contribution in [3.05, 3.63) is 30.1 Å². The summed E-state index contributed by atoms with van der Waals surface area (Å²) in [5, 5.41) is 13.8. The van der Waals surface area contributed by atoms with Crippen molar-refractivity contribution in [1.82, 2.24) is 15.6 Å². The number of ether oxygens (including phenoxy) is 1. The summed E-state index contributed by atoms with van der Waals surface area (Å²) in [7, 11) is 0. The van der Waals surface area contributed by atoms with E-state index < -0.39 is 0 Å². The maximum atomic E-state index is 12.7. The Balaban J connectivity index is 0.00000101. The molecule has 0 spiro atoms. The highest BCUT2D eigenvalue weighted by atomic mass is 32.2. The third kappa shape index (κ3) is 8.62. The van der Waals surface area contributed by atoms with E-state index in [-0.39, 0.29) is 30.4 Å². The molecule has 1 aliphatic heterocycles. The Morgan fingerprint density at radius 1 is 1.33 bits per heavy atom. The topological polar surface area (TPSA) is 101 Å². The summed E-state index contributed by atoms with van der Waals surface area (Å²) >= 11 is 2.04. The fraction of sp³-hybridized carbons (Fsp3) is 0.682. The van der Waals surface area contributed by atoms with Gasteiger partial charge in [-0.1, -0.05) is 13.0 Å². The number of carbonyl (C=O) groups is 2. The third-order valence-electron chi connectivity index (χ3n) is 5.55. The summed E-state index contributed by atoms with van der Waals surface area (Å²) in [5.41, 5.74) is 1.04. The molecule has 3 N–H and O–H groups in total. The standard InChI is InChI=1S/C21H33N3O2S.CH2O2/c1-2-10-26-20-6-5-17(13-19(20)24-18-7-11-27-12-8-18)21(25)23-15-16-4-3-9-22-14-16;2-1-3/h3-4,9,14,17-20,24H,2,5-8,10-13,15H2,1H3,(H,23,25);1H,(H,2,3)/t17-,19+,20+;/m0./s1. The van der Waals surface area contributed by atoms with Crippen LogP contribution in [0.5, 0.6) is 0 Å². The largest absolute Gasteiger partial charge is 0.483 e. The van der Waals surface area contributed by atoms with Crippen LogP contribution in [0.2, 0.25) is 0 Å². The summed E-state index contributed by atoms with van der Waals surface area (Å²) in [5.74, 6) is 2.71. The molecule has 1 amide bonds. The Bertz CT molecular complexity index is 614. The lowest BCUT2D eigenvalue weighted by Gasteiger charge is -2.39. The fourth-order valence-electron chi connectivity index (χ4n) is 4.03. The van der Waals surface area contributed by atoms with Gasteiger partial charge in [-0.25, -0.2) is 0 Å². The van der Waals surface area contributed by atoms with Gasteiger partial charge in [-0.2, -0.15) is 11.8 Å². The van der Waals surface area contributed by atoms with E-state index in [4.69, 9.17) is 14.6 Å². The first-order valence-corrected chi connectivity index (χ1v) is 12.0. The van der Waals surface area contributed by atoms with Crippen molar-refractivity contribution in [2.45, 2.75) is 70.2 Å². The molecule has 8 heteroatoms. The average molecular weight is 438 g/mol. The van der Waals surface area contributed by atoms with Crippen LogP contribution in [0.3, 0.4) is 0 Å². The van der Waals surface area contributed by atoms with Crippen molar-refractivity contribution in [1.29, 1.82) is 0 Å². The van der Waals surface area contributed by atoms with Gasteiger partial charge < -0.3 is 20.5 Å². The molecule has 7 nitrogen and oxygen atoms in total. The van der Waals surface area contributed by atoms with Crippen molar-refractivity contribution in [2.24, 2.45) is 5.92 Å². The normalized spacial score (nSPS) is 24.4. The molecule has 0 aromatic carbocycles. The second-order valence-electron chi connectivity index (χ2n) is 7.76. The summed E-state index contributed by atoms with van der Waals surface area (Å²) in [6.07, 6.45) is 10.0. The van der Waals surface area contributed by atoms with Crippen LogP contribution in [0, 0.1) is 5.92 Å². The quantitative estimate of drug-likeness (QED) is 0.538. The number of thioether (sulfide) groups is 1. The number of amides is 1. The van der Waals surface area contributed by atoms with Crippen LogP contribution < -0.4 is 10.6 Å². The highest BCUT2D eigenvalue weighted by Gasteiger charge is 2.35. The predicted molar refractivity (Wildman–Crippen MR) is 119 cm³/mol.